The molecule has 0 aromatic rings. The second-order valence-electron chi connectivity index (χ2n) is 7.27. The van der Waals surface area contributed by atoms with Crippen LogP contribution in [0.1, 0.15) is 0 Å². The second-order valence-corrected chi connectivity index (χ2v) is 23.6. The normalized spacial score (nSPS) is 17.7. The minimum atomic E-state index is -2.30. The van der Waals surface area contributed by atoms with E-state index in [4.69, 9.17) is 18.1 Å². The highest BCUT2D eigenvalue weighted by Crippen LogP contribution is 2.23. The lowest BCUT2D eigenvalue weighted by Crippen LogP contribution is -2.60. The molecule has 0 amide bonds. The molecule has 2 N–H and O–H groups in total. The smallest absolute Gasteiger partial charge is 0.329 e. The molecule has 0 aliphatic rings. The molecule has 0 saturated carbocycles. The van der Waals surface area contributed by atoms with E-state index in [1.807, 2.05) is 0 Å². The topological polar surface area (TPSA) is 53.7 Å². The average molecular weight is 326 g/mol. The molecule has 8 heteroatoms. The molecule has 4 nitrogen and oxygen atoms in total. The van der Waals surface area contributed by atoms with Crippen LogP contribution in [-0.2, 0) is 12.3 Å². The Labute approximate surface area is 117 Å². The standard InChI is InChI=1S/C10H31NO3Si4/c1-15(2,3)12-17(7,8)14-18(9,10-11)13-16(4,5)6/h10-11H2,1-9H3. The molecule has 110 valence electrons. The summed E-state index contributed by atoms with van der Waals surface area (Å²) in [5.74, 6) is 0. The fourth-order valence-electron chi connectivity index (χ4n) is 2.03. The molecule has 0 aromatic carbocycles. The molecule has 0 aliphatic heterocycles. The highest BCUT2D eigenvalue weighted by Gasteiger charge is 2.43. The van der Waals surface area contributed by atoms with E-state index >= 15 is 0 Å². The van der Waals surface area contributed by atoms with Gasteiger partial charge in [-0.15, -0.1) is 0 Å². The first-order valence-corrected chi connectivity index (χ1v) is 18.6. The Morgan fingerprint density at radius 2 is 1.06 bits per heavy atom. The lowest BCUT2D eigenvalue weighted by molar-refractivity contribution is 0.325. The molecule has 0 rings (SSSR count). The molecule has 0 heterocycles. The minimum Gasteiger partial charge on any atom is -0.437 e. The van der Waals surface area contributed by atoms with Crippen LogP contribution in [0.3, 0.4) is 0 Å². The molecule has 0 aromatic heterocycles. The van der Waals surface area contributed by atoms with Crippen molar-refractivity contribution in [3.63, 3.8) is 0 Å². The number of rotatable bonds is 7. The second kappa shape index (κ2) is 6.00. The summed E-state index contributed by atoms with van der Waals surface area (Å²) in [5, 5.41) is 0. The average Bonchev–Trinajstić information content (AvgIpc) is 1.93. The van der Waals surface area contributed by atoms with Crippen molar-refractivity contribution in [1.29, 1.82) is 0 Å². The Kier molecular flexibility index (Phi) is 6.23. The van der Waals surface area contributed by atoms with Gasteiger partial charge in [-0.25, -0.2) is 0 Å². The van der Waals surface area contributed by atoms with Crippen molar-refractivity contribution in [3.8, 4) is 0 Å². The van der Waals surface area contributed by atoms with Gasteiger partial charge in [0.2, 0.25) is 0 Å². The SMILES string of the molecule is C[Si](C)(C)O[Si](C)(C)O[Si](C)(CN)O[Si](C)(C)C. The van der Waals surface area contributed by atoms with Crippen molar-refractivity contribution in [2.45, 2.75) is 58.9 Å². The highest BCUT2D eigenvalue weighted by atomic mass is 28.5. The third-order valence-corrected chi connectivity index (χ3v) is 14.9. The van der Waals surface area contributed by atoms with Crippen molar-refractivity contribution < 1.29 is 12.3 Å². The third-order valence-electron chi connectivity index (χ3n) is 1.91. The minimum absolute atomic E-state index is 0.489. The Morgan fingerprint density at radius 1 is 0.667 bits per heavy atom. The Bertz CT molecular complexity index is 275. The first-order chi connectivity index (χ1) is 7.68. The Balaban J connectivity index is 4.80. The van der Waals surface area contributed by atoms with Crippen LogP contribution in [0.15, 0.2) is 0 Å². The van der Waals surface area contributed by atoms with Crippen molar-refractivity contribution >= 4 is 33.8 Å². The van der Waals surface area contributed by atoms with Crippen molar-refractivity contribution in [1.82, 2.24) is 0 Å². The van der Waals surface area contributed by atoms with E-state index in [2.05, 4.69) is 58.9 Å². The fraction of sp³-hybridized carbons (Fsp3) is 1.00. The number of hydrogen-bond donors (Lipinski definition) is 1. The van der Waals surface area contributed by atoms with Crippen LogP contribution in [0.5, 0.6) is 0 Å². The fourth-order valence-corrected chi connectivity index (χ4v) is 19.0. The predicted octanol–water partition coefficient (Wildman–Crippen LogP) is 2.98. The number of hydrogen-bond acceptors (Lipinski definition) is 4. The quantitative estimate of drug-likeness (QED) is 0.731. The van der Waals surface area contributed by atoms with Crippen LogP contribution in [-0.4, -0.2) is 39.9 Å². The summed E-state index contributed by atoms with van der Waals surface area (Å²) in [7, 11) is -7.68. The molecule has 0 bridgehead atoms. The number of nitrogens with two attached hydrogens (primary N) is 1. The van der Waals surface area contributed by atoms with Crippen molar-refractivity contribution in [2.75, 3.05) is 6.17 Å². The largest absolute Gasteiger partial charge is 0.437 e. The van der Waals surface area contributed by atoms with E-state index in [0.717, 1.165) is 0 Å². The summed E-state index contributed by atoms with van der Waals surface area (Å²) < 4.78 is 18.7. The van der Waals surface area contributed by atoms with Crippen molar-refractivity contribution in [3.05, 3.63) is 0 Å². The van der Waals surface area contributed by atoms with Gasteiger partial charge >= 0.3 is 17.1 Å². The molecule has 1 atom stereocenters. The van der Waals surface area contributed by atoms with Gasteiger partial charge in [0, 0.05) is 6.17 Å². The van der Waals surface area contributed by atoms with Crippen LogP contribution < -0.4 is 5.73 Å². The summed E-state index contributed by atoms with van der Waals surface area (Å²) in [6.07, 6.45) is 0.489. The van der Waals surface area contributed by atoms with Gasteiger partial charge in [-0.05, 0) is 58.9 Å². The van der Waals surface area contributed by atoms with Gasteiger partial charge in [-0.1, -0.05) is 0 Å². The molecule has 0 aliphatic carbocycles. The summed E-state index contributed by atoms with van der Waals surface area (Å²) >= 11 is 0. The van der Waals surface area contributed by atoms with Crippen LogP contribution in [0, 0.1) is 0 Å². The summed E-state index contributed by atoms with van der Waals surface area (Å²) in [4.78, 5) is 0. The molecule has 0 radical (unpaired) electrons. The zero-order valence-electron chi connectivity index (χ0n) is 13.5. The molecular weight excluding hydrogens is 294 g/mol. The maximum Gasteiger partial charge on any atom is 0.329 e. The first-order valence-electron chi connectivity index (χ1n) is 6.49. The predicted molar refractivity (Wildman–Crippen MR) is 88.1 cm³/mol. The van der Waals surface area contributed by atoms with Crippen LogP contribution >= 0.6 is 0 Å². The van der Waals surface area contributed by atoms with E-state index in [1.54, 1.807) is 0 Å². The van der Waals surface area contributed by atoms with Crippen LogP contribution in [0.25, 0.3) is 0 Å². The van der Waals surface area contributed by atoms with Gasteiger partial charge in [-0.2, -0.15) is 0 Å². The van der Waals surface area contributed by atoms with Crippen LogP contribution in [0.4, 0.5) is 0 Å². The monoisotopic (exact) mass is 325 g/mol. The van der Waals surface area contributed by atoms with E-state index < -0.39 is 33.8 Å². The van der Waals surface area contributed by atoms with Gasteiger partial charge in [0.25, 0.3) is 0 Å². The van der Waals surface area contributed by atoms with E-state index in [1.165, 1.54) is 0 Å². The molecule has 0 fully saturated rings. The van der Waals surface area contributed by atoms with Crippen molar-refractivity contribution in [2.24, 2.45) is 5.73 Å². The molecule has 0 saturated heterocycles. The van der Waals surface area contributed by atoms with Gasteiger partial charge in [0.15, 0.2) is 16.6 Å². The first kappa shape index (κ1) is 18.7. The molecular formula is C10H31NO3Si4. The highest BCUT2D eigenvalue weighted by molar-refractivity contribution is 6.89. The van der Waals surface area contributed by atoms with Gasteiger partial charge in [-0.3, -0.25) is 0 Å². The third kappa shape index (κ3) is 8.75. The summed E-state index contributed by atoms with van der Waals surface area (Å²) in [6.45, 7) is 19.3. The molecule has 0 spiro atoms. The maximum atomic E-state index is 6.30. The van der Waals surface area contributed by atoms with E-state index in [-0.39, 0.29) is 0 Å². The Hall–Kier alpha value is 0.708. The lowest BCUT2D eigenvalue weighted by Gasteiger charge is -2.40. The van der Waals surface area contributed by atoms with E-state index in [9.17, 15) is 0 Å². The zero-order valence-corrected chi connectivity index (χ0v) is 17.5. The molecule has 18 heavy (non-hydrogen) atoms. The zero-order chi connectivity index (χ0) is 14.8. The molecule has 1 unspecified atom stereocenters. The van der Waals surface area contributed by atoms with Gasteiger partial charge in [0.1, 0.15) is 0 Å². The van der Waals surface area contributed by atoms with E-state index in [0.29, 0.717) is 6.17 Å². The maximum absolute atomic E-state index is 6.30. The summed E-state index contributed by atoms with van der Waals surface area (Å²) in [5.41, 5.74) is 5.90. The van der Waals surface area contributed by atoms with Gasteiger partial charge < -0.3 is 18.1 Å². The summed E-state index contributed by atoms with van der Waals surface area (Å²) in [6, 6.07) is 0. The van der Waals surface area contributed by atoms with Crippen LogP contribution in [0.2, 0.25) is 58.9 Å². The lowest BCUT2D eigenvalue weighted by atomic mass is 11.5. The Morgan fingerprint density at radius 3 is 1.33 bits per heavy atom. The van der Waals surface area contributed by atoms with Gasteiger partial charge in [0.05, 0.1) is 0 Å².